The monoisotopic (exact) mass is 946 g/mol. The fraction of sp³-hybridized carbons (Fsp3) is 0.918. The number of hydrogen-bond donors (Lipinski definition) is 5. The summed E-state index contributed by atoms with van der Waals surface area (Å²) >= 11 is 0. The van der Waals surface area contributed by atoms with Crippen LogP contribution in [0.2, 0.25) is 0 Å². The van der Waals surface area contributed by atoms with Crippen molar-refractivity contribution in [2.75, 3.05) is 6.61 Å². The van der Waals surface area contributed by atoms with Crippen LogP contribution >= 0.6 is 0 Å². The molecule has 398 valence electrons. The largest absolute Gasteiger partial charge is 0.394 e. The van der Waals surface area contributed by atoms with Gasteiger partial charge in [-0.15, -0.1) is 0 Å². The van der Waals surface area contributed by atoms with Crippen molar-refractivity contribution >= 4 is 5.91 Å². The number of amides is 1. The van der Waals surface area contributed by atoms with Crippen LogP contribution in [-0.4, -0.2) is 57.3 Å². The Bertz CT molecular complexity index is 1020. The van der Waals surface area contributed by atoms with Gasteiger partial charge in [-0.25, -0.2) is 0 Å². The molecule has 0 aromatic carbocycles. The molecule has 0 bridgehead atoms. The molecule has 0 aliphatic carbocycles. The molecule has 0 rings (SSSR count). The fourth-order valence-corrected chi connectivity index (χ4v) is 9.66. The van der Waals surface area contributed by atoms with Crippen LogP contribution in [0.4, 0.5) is 0 Å². The number of carbonyl (C=O) groups excluding carboxylic acids is 1. The van der Waals surface area contributed by atoms with Crippen LogP contribution in [0.3, 0.4) is 0 Å². The van der Waals surface area contributed by atoms with Crippen LogP contribution in [-0.2, 0) is 4.79 Å². The van der Waals surface area contributed by atoms with Crippen LogP contribution in [0.25, 0.3) is 0 Å². The summed E-state index contributed by atoms with van der Waals surface area (Å²) in [6, 6.07) is -1.01. The first kappa shape index (κ1) is 65.8. The third kappa shape index (κ3) is 49.6. The maximum Gasteiger partial charge on any atom is 0.249 e. The quantitative estimate of drug-likeness (QED) is 0.0308. The van der Waals surface area contributed by atoms with E-state index in [2.05, 4.69) is 43.5 Å². The van der Waals surface area contributed by atoms with Gasteiger partial charge >= 0.3 is 0 Å². The molecule has 1 amide bonds. The Morgan fingerprint density at radius 3 is 0.940 bits per heavy atom. The third-order valence-electron chi connectivity index (χ3n) is 14.4. The molecule has 0 saturated heterocycles. The zero-order valence-electron chi connectivity index (χ0n) is 45.2. The van der Waals surface area contributed by atoms with Crippen molar-refractivity contribution in [3.8, 4) is 0 Å². The van der Waals surface area contributed by atoms with Crippen LogP contribution in [0.15, 0.2) is 24.3 Å². The number of aliphatic hydroxyl groups excluding tert-OH is 4. The summed E-state index contributed by atoms with van der Waals surface area (Å²) in [7, 11) is 0. The zero-order chi connectivity index (χ0) is 48.8. The highest BCUT2D eigenvalue weighted by Gasteiger charge is 2.28. The maximum atomic E-state index is 12.6. The predicted octanol–water partition coefficient (Wildman–Crippen LogP) is 17.8. The van der Waals surface area contributed by atoms with E-state index in [4.69, 9.17) is 0 Å². The van der Waals surface area contributed by atoms with Gasteiger partial charge in [0.25, 0.3) is 0 Å². The Kier molecular flexibility index (Phi) is 54.7. The number of allylic oxidation sites excluding steroid dienone is 4. The lowest BCUT2D eigenvalue weighted by molar-refractivity contribution is -0.132. The van der Waals surface area contributed by atoms with Gasteiger partial charge in [0, 0.05) is 0 Å². The van der Waals surface area contributed by atoms with E-state index < -0.39 is 36.9 Å². The number of nitrogens with one attached hydrogen (secondary N) is 1. The van der Waals surface area contributed by atoms with Gasteiger partial charge in [-0.2, -0.15) is 0 Å². The van der Waals surface area contributed by atoms with Gasteiger partial charge in [-0.1, -0.05) is 301 Å². The molecule has 0 aromatic rings. The smallest absolute Gasteiger partial charge is 0.249 e. The molecule has 67 heavy (non-hydrogen) atoms. The van der Waals surface area contributed by atoms with E-state index in [1.807, 2.05) is 0 Å². The van der Waals surface area contributed by atoms with E-state index in [0.29, 0.717) is 19.3 Å². The first-order valence-electron chi connectivity index (χ1n) is 30.2. The van der Waals surface area contributed by atoms with Crippen molar-refractivity contribution in [2.45, 2.75) is 353 Å². The van der Waals surface area contributed by atoms with E-state index in [1.54, 1.807) is 0 Å². The Morgan fingerprint density at radius 1 is 0.358 bits per heavy atom. The lowest BCUT2D eigenvalue weighted by Crippen LogP contribution is -2.53. The number of carbonyl (C=O) groups is 1. The highest BCUT2D eigenvalue weighted by atomic mass is 16.3. The highest BCUT2D eigenvalue weighted by molar-refractivity contribution is 5.80. The van der Waals surface area contributed by atoms with Crippen LogP contribution in [0.1, 0.15) is 328 Å². The molecule has 6 nitrogen and oxygen atoms in total. The second-order valence-electron chi connectivity index (χ2n) is 21.0. The molecule has 0 aromatic heterocycles. The number of rotatable bonds is 56. The third-order valence-corrected chi connectivity index (χ3v) is 14.4. The van der Waals surface area contributed by atoms with E-state index >= 15 is 0 Å². The van der Waals surface area contributed by atoms with E-state index in [9.17, 15) is 25.2 Å². The van der Waals surface area contributed by atoms with E-state index in [-0.39, 0.29) is 0 Å². The summed E-state index contributed by atoms with van der Waals surface area (Å²) in [5.74, 6) is -0.591. The molecular formula is C61H119NO5. The standard InChI is InChI=1S/C61H119NO5/c1-3-5-7-9-11-13-15-17-19-21-23-25-27-28-29-30-31-32-33-35-36-38-40-42-44-46-48-50-52-54-58(64)60(66)57(56-63)62-61(67)59(65)55-53-51-49-47-45-43-41-39-37-34-26-24-22-20-18-16-14-12-10-8-6-4-2/h38,40,46,48,57-60,63-66H,3-37,39,41-45,47,49-56H2,1-2H3,(H,62,67)/b40-38+,48-46+. The lowest BCUT2D eigenvalue weighted by Gasteiger charge is -2.27. The first-order valence-corrected chi connectivity index (χ1v) is 30.2. The molecule has 0 aliphatic heterocycles. The minimum atomic E-state index is -1.29. The van der Waals surface area contributed by atoms with Gasteiger partial charge in [0.05, 0.1) is 18.8 Å². The Hall–Kier alpha value is -1.21. The molecule has 5 N–H and O–H groups in total. The van der Waals surface area contributed by atoms with Gasteiger partial charge in [-0.3, -0.25) is 4.79 Å². The highest BCUT2D eigenvalue weighted by Crippen LogP contribution is 2.18. The van der Waals surface area contributed by atoms with E-state index in [0.717, 1.165) is 38.5 Å². The fourth-order valence-electron chi connectivity index (χ4n) is 9.66. The Labute approximate surface area is 418 Å². The molecule has 0 spiro atoms. The van der Waals surface area contributed by atoms with Gasteiger partial charge in [-0.05, 0) is 51.4 Å². The molecule has 0 aliphatic rings. The van der Waals surface area contributed by atoms with Crippen molar-refractivity contribution in [2.24, 2.45) is 0 Å². The number of hydrogen-bond acceptors (Lipinski definition) is 5. The molecule has 4 unspecified atom stereocenters. The SMILES string of the molecule is CCCCCCCCCCCCCCCCCCCCCC/C=C/CC/C=C/CCCC(O)C(O)C(CO)NC(=O)C(O)CCCCCCCCCCCCCCCCCCCCCCCC. The lowest BCUT2D eigenvalue weighted by atomic mass is 10.00. The number of aliphatic hydroxyl groups is 4. The summed E-state index contributed by atoms with van der Waals surface area (Å²) in [6.07, 6.45) is 68.4. The van der Waals surface area contributed by atoms with Crippen molar-refractivity contribution in [3.63, 3.8) is 0 Å². The molecule has 0 heterocycles. The van der Waals surface area contributed by atoms with Crippen LogP contribution < -0.4 is 5.32 Å². The second kappa shape index (κ2) is 55.7. The average Bonchev–Trinajstić information content (AvgIpc) is 3.33. The Balaban J connectivity index is 3.64. The van der Waals surface area contributed by atoms with Gasteiger partial charge in [0.2, 0.25) is 5.91 Å². The van der Waals surface area contributed by atoms with Crippen molar-refractivity contribution in [1.29, 1.82) is 0 Å². The molecule has 0 saturated carbocycles. The maximum absolute atomic E-state index is 12.6. The minimum Gasteiger partial charge on any atom is -0.394 e. The van der Waals surface area contributed by atoms with Crippen molar-refractivity contribution in [1.82, 2.24) is 5.32 Å². The summed E-state index contributed by atoms with van der Waals surface area (Å²) in [5, 5.41) is 44.0. The summed E-state index contributed by atoms with van der Waals surface area (Å²) in [5.41, 5.74) is 0. The summed E-state index contributed by atoms with van der Waals surface area (Å²) < 4.78 is 0. The van der Waals surface area contributed by atoms with Crippen molar-refractivity contribution < 1.29 is 25.2 Å². The normalized spacial score (nSPS) is 13.8. The second-order valence-corrected chi connectivity index (χ2v) is 21.0. The van der Waals surface area contributed by atoms with Gasteiger partial charge < -0.3 is 25.7 Å². The van der Waals surface area contributed by atoms with Crippen molar-refractivity contribution in [3.05, 3.63) is 24.3 Å². The molecule has 0 radical (unpaired) electrons. The molecule has 0 fully saturated rings. The molecular weight excluding hydrogens is 827 g/mol. The average molecular weight is 947 g/mol. The van der Waals surface area contributed by atoms with Crippen LogP contribution in [0.5, 0.6) is 0 Å². The summed E-state index contributed by atoms with van der Waals surface area (Å²) in [6.45, 7) is 4.08. The molecule has 6 heteroatoms. The predicted molar refractivity (Wildman–Crippen MR) is 293 cm³/mol. The number of unbranched alkanes of at least 4 members (excludes halogenated alkanes) is 43. The minimum absolute atomic E-state index is 0.365. The Morgan fingerprint density at radius 2 is 0.627 bits per heavy atom. The first-order chi connectivity index (χ1) is 33.0. The van der Waals surface area contributed by atoms with Crippen LogP contribution in [0, 0.1) is 0 Å². The van der Waals surface area contributed by atoms with E-state index in [1.165, 1.54) is 257 Å². The summed E-state index contributed by atoms with van der Waals surface area (Å²) in [4.78, 5) is 12.6. The van der Waals surface area contributed by atoms with Gasteiger partial charge in [0.15, 0.2) is 0 Å². The zero-order valence-corrected chi connectivity index (χ0v) is 45.2. The topological polar surface area (TPSA) is 110 Å². The molecule has 4 atom stereocenters. The van der Waals surface area contributed by atoms with Gasteiger partial charge in [0.1, 0.15) is 12.2 Å².